The molecule has 0 heterocycles. The average Bonchev–Trinajstić information content (AvgIpc) is 1.89. The number of ether oxygens (including phenoxy) is 1. The molecule has 10 heavy (non-hydrogen) atoms. The van der Waals surface area contributed by atoms with Crippen LogP contribution in [0.4, 0.5) is 4.39 Å². The van der Waals surface area contributed by atoms with Crippen LogP contribution < -0.4 is 5.32 Å². The maximum Gasteiger partial charge on any atom is 0.102 e. The molecule has 2 nitrogen and oxygen atoms in total. The molecule has 0 aliphatic rings. The third kappa shape index (κ3) is 5.98. The molecule has 1 N–H and O–H groups in total. The zero-order valence-electron chi connectivity index (χ0n) is 6.69. The first-order chi connectivity index (χ1) is 4.81. The maximum atomic E-state index is 11.5. The molecule has 0 rings (SSSR count). The predicted octanol–water partition coefficient (Wildman–Crippen LogP) is 0.970. The molecule has 1 unspecified atom stereocenters. The van der Waals surface area contributed by atoms with Crippen molar-refractivity contribution in [3.8, 4) is 0 Å². The monoisotopic (exact) mass is 149 g/mol. The Hall–Kier alpha value is -0.150. The van der Waals surface area contributed by atoms with Crippen LogP contribution in [0.5, 0.6) is 0 Å². The van der Waals surface area contributed by atoms with E-state index in [1.54, 1.807) is 0 Å². The molecule has 0 fully saturated rings. The van der Waals surface area contributed by atoms with Gasteiger partial charge in [-0.2, -0.15) is 0 Å². The Labute approximate surface area is 61.8 Å². The normalized spacial score (nSPS) is 13.5. The number of rotatable bonds is 6. The van der Waals surface area contributed by atoms with Crippen molar-refractivity contribution in [1.82, 2.24) is 5.32 Å². The van der Waals surface area contributed by atoms with Crippen molar-refractivity contribution in [3.63, 3.8) is 0 Å². The molecule has 0 radical (unpaired) electrons. The second kappa shape index (κ2) is 6.96. The highest BCUT2D eigenvalue weighted by Crippen LogP contribution is 1.86. The van der Waals surface area contributed by atoms with Gasteiger partial charge < -0.3 is 10.1 Å². The molecule has 0 amide bonds. The fourth-order valence-corrected chi connectivity index (χ4v) is 0.716. The van der Waals surface area contributed by atoms with E-state index in [2.05, 4.69) is 5.32 Å². The van der Waals surface area contributed by atoms with Crippen LogP contribution in [0.2, 0.25) is 0 Å². The molecule has 0 aromatic carbocycles. The lowest BCUT2D eigenvalue weighted by atomic mass is 10.4. The molecule has 0 saturated carbocycles. The molecule has 0 aromatic rings. The lowest BCUT2D eigenvalue weighted by molar-refractivity contribution is 0.0760. The van der Waals surface area contributed by atoms with Gasteiger partial charge in [-0.3, -0.25) is 0 Å². The molecule has 0 saturated heterocycles. The number of nitrogens with one attached hydrogen (secondary N) is 1. The Morgan fingerprint density at radius 1 is 1.60 bits per heavy atom. The van der Waals surface area contributed by atoms with E-state index in [1.807, 2.05) is 13.8 Å². The number of hydrogen-bond donors (Lipinski definition) is 1. The Morgan fingerprint density at radius 3 is 2.80 bits per heavy atom. The summed E-state index contributed by atoms with van der Waals surface area (Å²) in [5.41, 5.74) is 0. The number of hydrogen-bond acceptors (Lipinski definition) is 2. The summed E-state index contributed by atoms with van der Waals surface area (Å²) in [4.78, 5) is 0. The lowest BCUT2D eigenvalue weighted by Crippen LogP contribution is -2.28. The summed E-state index contributed by atoms with van der Waals surface area (Å²) in [7, 11) is 0. The van der Waals surface area contributed by atoms with Crippen molar-refractivity contribution in [1.29, 1.82) is 0 Å². The van der Waals surface area contributed by atoms with Crippen LogP contribution in [-0.4, -0.2) is 32.5 Å². The van der Waals surface area contributed by atoms with Crippen molar-refractivity contribution >= 4 is 0 Å². The molecular formula is C7H16FNO. The second-order valence-corrected chi connectivity index (χ2v) is 2.16. The van der Waals surface area contributed by atoms with Gasteiger partial charge in [0.1, 0.15) is 6.67 Å². The molecule has 0 spiro atoms. The summed E-state index contributed by atoms with van der Waals surface area (Å²) in [6.07, 6.45) is 0.191. The van der Waals surface area contributed by atoms with Crippen molar-refractivity contribution in [2.24, 2.45) is 0 Å². The summed E-state index contributed by atoms with van der Waals surface area (Å²) < 4.78 is 16.7. The highest BCUT2D eigenvalue weighted by molar-refractivity contribution is 4.53. The van der Waals surface area contributed by atoms with Crippen LogP contribution in [0.15, 0.2) is 0 Å². The molecule has 0 aliphatic carbocycles. The Kier molecular flexibility index (Phi) is 6.86. The van der Waals surface area contributed by atoms with Gasteiger partial charge in [0.2, 0.25) is 0 Å². The van der Waals surface area contributed by atoms with Crippen molar-refractivity contribution in [2.45, 2.75) is 20.0 Å². The third-order valence-corrected chi connectivity index (χ3v) is 1.15. The molecule has 3 heteroatoms. The van der Waals surface area contributed by atoms with Crippen LogP contribution >= 0.6 is 0 Å². The fraction of sp³-hybridized carbons (Fsp3) is 1.00. The number of halogens is 1. The Morgan fingerprint density at radius 2 is 2.30 bits per heavy atom. The minimum absolute atomic E-state index is 0.191. The van der Waals surface area contributed by atoms with Gasteiger partial charge in [-0.15, -0.1) is 0 Å². The van der Waals surface area contributed by atoms with Gasteiger partial charge in [0, 0.05) is 19.7 Å². The quantitative estimate of drug-likeness (QED) is 0.568. The van der Waals surface area contributed by atoms with Gasteiger partial charge in [0.15, 0.2) is 0 Å². The van der Waals surface area contributed by atoms with Gasteiger partial charge in [-0.25, -0.2) is 4.39 Å². The van der Waals surface area contributed by atoms with Crippen LogP contribution in [0, 0.1) is 0 Å². The first-order valence-corrected chi connectivity index (χ1v) is 3.69. The fourth-order valence-electron chi connectivity index (χ4n) is 0.716. The van der Waals surface area contributed by atoms with E-state index in [0.29, 0.717) is 6.54 Å². The van der Waals surface area contributed by atoms with E-state index in [9.17, 15) is 4.39 Å². The third-order valence-electron chi connectivity index (χ3n) is 1.15. The van der Waals surface area contributed by atoms with E-state index in [1.165, 1.54) is 0 Å². The van der Waals surface area contributed by atoms with Gasteiger partial charge >= 0.3 is 0 Å². The summed E-state index contributed by atoms with van der Waals surface area (Å²) >= 11 is 0. The van der Waals surface area contributed by atoms with E-state index in [-0.39, 0.29) is 12.8 Å². The predicted molar refractivity (Wildman–Crippen MR) is 39.9 cm³/mol. The smallest absolute Gasteiger partial charge is 0.102 e. The summed E-state index contributed by atoms with van der Waals surface area (Å²) in [5.74, 6) is 0. The van der Waals surface area contributed by atoms with Crippen molar-refractivity contribution in [3.05, 3.63) is 0 Å². The van der Waals surface area contributed by atoms with Crippen molar-refractivity contribution in [2.75, 3.05) is 26.4 Å². The lowest BCUT2D eigenvalue weighted by Gasteiger charge is -2.10. The average molecular weight is 149 g/mol. The van der Waals surface area contributed by atoms with Crippen LogP contribution in [-0.2, 0) is 4.74 Å². The van der Waals surface area contributed by atoms with E-state index in [4.69, 9.17) is 4.74 Å². The van der Waals surface area contributed by atoms with Gasteiger partial charge in [-0.05, 0) is 13.8 Å². The standard InChI is InChI=1S/C7H16FNO/c1-3-10-7(2)6-9-5-4-8/h7,9H,3-6H2,1-2H3. The topological polar surface area (TPSA) is 21.3 Å². The molecule has 62 valence electrons. The van der Waals surface area contributed by atoms with Crippen LogP contribution in [0.3, 0.4) is 0 Å². The first kappa shape index (κ1) is 9.85. The molecular weight excluding hydrogens is 133 g/mol. The molecule has 0 bridgehead atoms. The van der Waals surface area contributed by atoms with Gasteiger partial charge in [-0.1, -0.05) is 0 Å². The largest absolute Gasteiger partial charge is 0.377 e. The van der Waals surface area contributed by atoms with Crippen LogP contribution in [0.25, 0.3) is 0 Å². The van der Waals surface area contributed by atoms with E-state index in [0.717, 1.165) is 13.2 Å². The van der Waals surface area contributed by atoms with E-state index < -0.39 is 0 Å². The summed E-state index contributed by atoms with van der Waals surface area (Å²) in [6.45, 7) is 5.49. The highest BCUT2D eigenvalue weighted by atomic mass is 19.1. The zero-order chi connectivity index (χ0) is 7.82. The Balaban J connectivity index is 2.97. The van der Waals surface area contributed by atoms with Gasteiger partial charge in [0.05, 0.1) is 6.10 Å². The minimum atomic E-state index is -0.307. The number of alkyl halides is 1. The molecule has 1 atom stereocenters. The zero-order valence-corrected chi connectivity index (χ0v) is 6.69. The molecule has 0 aromatic heterocycles. The van der Waals surface area contributed by atoms with E-state index >= 15 is 0 Å². The summed E-state index contributed by atoms with van der Waals surface area (Å²) in [5, 5.41) is 2.92. The maximum absolute atomic E-state index is 11.5. The second-order valence-electron chi connectivity index (χ2n) is 2.16. The molecule has 0 aliphatic heterocycles. The summed E-state index contributed by atoms with van der Waals surface area (Å²) in [6, 6.07) is 0. The van der Waals surface area contributed by atoms with Gasteiger partial charge in [0.25, 0.3) is 0 Å². The first-order valence-electron chi connectivity index (χ1n) is 3.69. The SMILES string of the molecule is CCOC(C)CNCCF. The minimum Gasteiger partial charge on any atom is -0.377 e. The van der Waals surface area contributed by atoms with Crippen LogP contribution in [0.1, 0.15) is 13.8 Å². The highest BCUT2D eigenvalue weighted by Gasteiger charge is 1.97. The van der Waals surface area contributed by atoms with Crippen molar-refractivity contribution < 1.29 is 9.13 Å². The Bertz CT molecular complexity index is 70.6.